The number of fused-ring (bicyclic) bond motifs is 5. The Morgan fingerprint density at radius 1 is 1.05 bits per heavy atom. The van der Waals surface area contributed by atoms with E-state index < -0.39 is 0 Å². The van der Waals surface area contributed by atoms with Crippen LogP contribution >= 0.6 is 0 Å². The number of hydrogen-bond acceptors (Lipinski definition) is 3. The molecule has 1 saturated carbocycles. The molecule has 1 aliphatic heterocycles. The predicted octanol–water partition coefficient (Wildman–Crippen LogP) is 2.01. The molecule has 0 aromatic heterocycles. The molecule has 102 valence electrons. The first kappa shape index (κ1) is 11.7. The number of rotatable bonds is 2. The molecule has 4 atom stereocenters. The van der Waals surface area contributed by atoms with Gasteiger partial charge in [0.25, 0.3) is 0 Å². The highest BCUT2D eigenvalue weighted by Gasteiger charge is 2.59. The van der Waals surface area contributed by atoms with Crippen molar-refractivity contribution in [3.63, 3.8) is 0 Å². The van der Waals surface area contributed by atoms with Crippen molar-refractivity contribution in [3.8, 4) is 5.75 Å². The summed E-state index contributed by atoms with van der Waals surface area (Å²) in [5.41, 5.74) is 0.568. The van der Waals surface area contributed by atoms with Gasteiger partial charge in [-0.2, -0.15) is 0 Å². The molecule has 2 aliphatic carbocycles. The van der Waals surface area contributed by atoms with Crippen LogP contribution in [0.5, 0.6) is 5.75 Å². The van der Waals surface area contributed by atoms with E-state index in [1.165, 1.54) is 4.90 Å². The summed E-state index contributed by atoms with van der Waals surface area (Å²) < 4.78 is 5.28. The van der Waals surface area contributed by atoms with Crippen LogP contribution in [-0.4, -0.2) is 18.9 Å². The largest absolute Gasteiger partial charge is 0.495 e. The molecule has 1 saturated heterocycles. The number of ether oxygens (including phenoxy) is 1. The quantitative estimate of drug-likeness (QED) is 0.609. The minimum Gasteiger partial charge on any atom is -0.495 e. The van der Waals surface area contributed by atoms with Crippen LogP contribution in [0.15, 0.2) is 36.4 Å². The van der Waals surface area contributed by atoms with Crippen LogP contribution in [0.2, 0.25) is 0 Å². The van der Waals surface area contributed by atoms with Crippen LogP contribution in [0.1, 0.15) is 6.42 Å². The Morgan fingerprint density at radius 2 is 1.65 bits per heavy atom. The monoisotopic (exact) mass is 269 g/mol. The first-order valence-electron chi connectivity index (χ1n) is 6.91. The van der Waals surface area contributed by atoms with Crippen LogP contribution in [-0.2, 0) is 9.59 Å². The highest BCUT2D eigenvalue weighted by Crippen LogP contribution is 2.53. The van der Waals surface area contributed by atoms with Crippen molar-refractivity contribution in [2.45, 2.75) is 6.42 Å². The number of hydrogen-bond donors (Lipinski definition) is 0. The van der Waals surface area contributed by atoms with Gasteiger partial charge in [0.15, 0.2) is 0 Å². The van der Waals surface area contributed by atoms with Crippen LogP contribution in [0.25, 0.3) is 0 Å². The van der Waals surface area contributed by atoms with Crippen molar-refractivity contribution in [2.75, 3.05) is 12.0 Å². The second-order valence-corrected chi connectivity index (χ2v) is 5.68. The third-order valence-corrected chi connectivity index (χ3v) is 4.80. The number of methoxy groups -OCH3 is 1. The molecule has 3 aliphatic rings. The average Bonchev–Trinajstić information content (AvgIpc) is 3.13. The molecule has 4 rings (SSSR count). The minimum absolute atomic E-state index is 0.0682. The van der Waals surface area contributed by atoms with Gasteiger partial charge >= 0.3 is 0 Å². The fourth-order valence-electron chi connectivity index (χ4n) is 3.95. The van der Waals surface area contributed by atoms with E-state index >= 15 is 0 Å². The van der Waals surface area contributed by atoms with E-state index in [0.717, 1.165) is 6.42 Å². The third kappa shape index (κ3) is 1.31. The molecule has 4 nitrogen and oxygen atoms in total. The van der Waals surface area contributed by atoms with E-state index in [9.17, 15) is 9.59 Å². The van der Waals surface area contributed by atoms with Gasteiger partial charge in [0, 0.05) is 0 Å². The zero-order valence-corrected chi connectivity index (χ0v) is 11.2. The molecule has 1 aromatic carbocycles. The average molecular weight is 269 g/mol. The zero-order chi connectivity index (χ0) is 13.9. The minimum atomic E-state index is -0.164. The Kier molecular flexibility index (Phi) is 2.31. The molecule has 2 fully saturated rings. The molecular weight excluding hydrogens is 254 g/mol. The van der Waals surface area contributed by atoms with Gasteiger partial charge in [0.05, 0.1) is 24.6 Å². The fraction of sp³-hybridized carbons (Fsp3) is 0.375. The summed E-state index contributed by atoms with van der Waals surface area (Å²) in [6.07, 6.45) is 5.15. The van der Waals surface area contributed by atoms with Gasteiger partial charge < -0.3 is 4.74 Å². The van der Waals surface area contributed by atoms with Crippen molar-refractivity contribution in [1.29, 1.82) is 0 Å². The topological polar surface area (TPSA) is 46.6 Å². The molecule has 1 heterocycles. The van der Waals surface area contributed by atoms with E-state index in [1.54, 1.807) is 19.2 Å². The number of allylic oxidation sites excluding steroid dienone is 2. The van der Waals surface area contributed by atoms with Gasteiger partial charge in [-0.05, 0) is 30.4 Å². The standard InChI is InChI=1S/C16H15NO3/c1-20-12-5-3-2-4-11(12)17-15(18)13-9-6-7-10(8-9)14(13)16(17)19/h2-7,9-10,13-14H,8H2,1H3/t9-,10+,13-,14-/m1/s1. The molecule has 4 heteroatoms. The highest BCUT2D eigenvalue weighted by molar-refractivity contribution is 6.23. The number of nitrogens with zero attached hydrogens (tertiary/aromatic N) is 1. The normalized spacial score (nSPS) is 34.0. The second kappa shape index (κ2) is 3.95. The van der Waals surface area contributed by atoms with Gasteiger partial charge in [0.1, 0.15) is 5.75 Å². The van der Waals surface area contributed by atoms with Crippen molar-refractivity contribution >= 4 is 17.5 Å². The van der Waals surface area contributed by atoms with Crippen molar-refractivity contribution in [2.24, 2.45) is 23.7 Å². The van der Waals surface area contributed by atoms with Gasteiger partial charge in [-0.3, -0.25) is 9.59 Å². The molecule has 20 heavy (non-hydrogen) atoms. The molecule has 2 bridgehead atoms. The summed E-state index contributed by atoms with van der Waals surface area (Å²) in [6, 6.07) is 7.20. The van der Waals surface area contributed by atoms with Gasteiger partial charge in [-0.25, -0.2) is 4.90 Å². The summed E-state index contributed by atoms with van der Waals surface area (Å²) in [4.78, 5) is 26.7. The summed E-state index contributed by atoms with van der Waals surface area (Å²) in [7, 11) is 1.55. The summed E-state index contributed by atoms with van der Waals surface area (Å²) in [5.74, 6) is 0.573. The fourth-order valence-corrected chi connectivity index (χ4v) is 3.95. The molecule has 0 N–H and O–H groups in total. The van der Waals surface area contributed by atoms with E-state index in [1.807, 2.05) is 12.1 Å². The lowest BCUT2D eigenvalue weighted by molar-refractivity contribution is -0.123. The predicted molar refractivity (Wildman–Crippen MR) is 73.2 cm³/mol. The molecule has 0 radical (unpaired) electrons. The number of benzene rings is 1. The Bertz CT molecular complexity index is 606. The first-order chi connectivity index (χ1) is 9.72. The smallest absolute Gasteiger partial charge is 0.238 e. The van der Waals surface area contributed by atoms with Crippen LogP contribution < -0.4 is 9.64 Å². The lowest BCUT2D eigenvalue weighted by Gasteiger charge is -2.19. The van der Waals surface area contributed by atoms with Crippen LogP contribution in [0.4, 0.5) is 5.69 Å². The molecular formula is C16H15NO3. The number of para-hydroxylation sites is 2. The maximum Gasteiger partial charge on any atom is 0.238 e. The van der Waals surface area contributed by atoms with Gasteiger partial charge in [0.2, 0.25) is 11.8 Å². The second-order valence-electron chi connectivity index (χ2n) is 5.68. The lowest BCUT2D eigenvalue weighted by Crippen LogP contribution is -2.33. The van der Waals surface area contributed by atoms with Crippen molar-refractivity contribution in [1.82, 2.24) is 0 Å². The molecule has 1 aromatic rings. The Morgan fingerprint density at radius 3 is 2.25 bits per heavy atom. The molecule has 0 unspecified atom stereocenters. The maximum absolute atomic E-state index is 12.7. The maximum atomic E-state index is 12.7. The van der Waals surface area contributed by atoms with E-state index in [0.29, 0.717) is 11.4 Å². The first-order valence-corrected chi connectivity index (χ1v) is 6.91. The van der Waals surface area contributed by atoms with Crippen molar-refractivity contribution < 1.29 is 14.3 Å². The number of amides is 2. The zero-order valence-electron chi connectivity index (χ0n) is 11.2. The third-order valence-electron chi connectivity index (χ3n) is 4.80. The SMILES string of the molecule is COc1ccccc1N1C(=O)[C@H]2[C@H](C1=O)[C@H]1C=C[C@@H]2C1. The molecule has 0 spiro atoms. The number of anilines is 1. The Balaban J connectivity index is 1.78. The van der Waals surface area contributed by atoms with Gasteiger partial charge in [-0.1, -0.05) is 24.3 Å². The van der Waals surface area contributed by atoms with Crippen LogP contribution in [0, 0.1) is 23.7 Å². The number of imide groups is 1. The van der Waals surface area contributed by atoms with E-state index in [2.05, 4.69) is 12.2 Å². The summed E-state index contributed by atoms with van der Waals surface area (Å²) in [5, 5.41) is 0. The van der Waals surface area contributed by atoms with Crippen LogP contribution in [0.3, 0.4) is 0 Å². The van der Waals surface area contributed by atoms with Crippen molar-refractivity contribution in [3.05, 3.63) is 36.4 Å². The summed E-state index contributed by atoms with van der Waals surface area (Å²) in [6.45, 7) is 0. The summed E-state index contributed by atoms with van der Waals surface area (Å²) >= 11 is 0. The number of carbonyl (C=O) groups is 2. The van der Waals surface area contributed by atoms with E-state index in [-0.39, 0.29) is 35.5 Å². The number of carbonyl (C=O) groups excluding carboxylic acids is 2. The van der Waals surface area contributed by atoms with Gasteiger partial charge in [-0.15, -0.1) is 0 Å². The van der Waals surface area contributed by atoms with E-state index in [4.69, 9.17) is 4.74 Å². The highest BCUT2D eigenvalue weighted by atomic mass is 16.5. The molecule has 2 amide bonds. The lowest BCUT2D eigenvalue weighted by atomic mass is 9.85. The Hall–Kier alpha value is -2.10. The Labute approximate surface area is 117 Å².